The largest absolute Gasteiger partial charge is 0.456 e. The molecule has 0 atom stereocenters. The second-order valence-corrected chi connectivity index (χ2v) is 12.5. The molecule has 0 aliphatic heterocycles. The molecular weight excluding hydrogens is 562 g/mol. The van der Waals surface area contributed by atoms with Crippen LogP contribution in [-0.4, -0.2) is 15.0 Å². The minimum atomic E-state index is -0.0609. The van der Waals surface area contributed by atoms with Crippen LogP contribution in [0.25, 0.3) is 78.4 Å². The first-order valence-electron chi connectivity index (χ1n) is 15.6. The molecule has 0 amide bonds. The fraction of sp³-hybridized carbons (Fsp3) is 0.0714. The van der Waals surface area contributed by atoms with E-state index in [0.29, 0.717) is 17.5 Å². The number of benzene rings is 6. The standard InChI is InChI=1S/C42H29N3O/c1-42(2)35-17-8-6-15-31(35)32-21-19-28(25-36(32)42)27-13-10-14-29(23-27)40-43-39(26-11-4-3-5-12-26)44-41(45-40)30-20-22-38-34(24-30)33-16-7-9-18-37(33)46-38/h3-25H,1-2H3. The van der Waals surface area contributed by atoms with Crippen LogP contribution in [-0.2, 0) is 5.41 Å². The van der Waals surface area contributed by atoms with Crippen LogP contribution in [0, 0.1) is 0 Å². The van der Waals surface area contributed by atoms with Gasteiger partial charge in [-0.15, -0.1) is 0 Å². The molecule has 0 saturated heterocycles. The lowest BCUT2D eigenvalue weighted by molar-refractivity contribution is 0.660. The quantitative estimate of drug-likeness (QED) is 0.204. The lowest BCUT2D eigenvalue weighted by Crippen LogP contribution is -2.14. The maximum absolute atomic E-state index is 6.09. The lowest BCUT2D eigenvalue weighted by Gasteiger charge is -2.22. The molecule has 1 aliphatic rings. The predicted molar refractivity (Wildman–Crippen MR) is 186 cm³/mol. The Morgan fingerprint density at radius 3 is 1.85 bits per heavy atom. The Morgan fingerprint density at radius 1 is 0.413 bits per heavy atom. The van der Waals surface area contributed by atoms with Gasteiger partial charge >= 0.3 is 0 Å². The highest BCUT2D eigenvalue weighted by Crippen LogP contribution is 2.49. The first-order valence-corrected chi connectivity index (χ1v) is 15.6. The molecule has 0 spiro atoms. The van der Waals surface area contributed by atoms with Crippen molar-refractivity contribution in [2.45, 2.75) is 19.3 Å². The summed E-state index contributed by atoms with van der Waals surface area (Å²) in [6, 6.07) is 48.5. The van der Waals surface area contributed by atoms with E-state index >= 15 is 0 Å². The average molecular weight is 592 g/mol. The van der Waals surface area contributed by atoms with Crippen LogP contribution in [0.3, 0.4) is 0 Å². The maximum atomic E-state index is 6.09. The van der Waals surface area contributed by atoms with Crippen molar-refractivity contribution in [2.24, 2.45) is 0 Å². The Hall–Kier alpha value is -5.87. The first kappa shape index (κ1) is 26.5. The van der Waals surface area contributed by atoms with Crippen molar-refractivity contribution in [3.05, 3.63) is 151 Å². The zero-order valence-electron chi connectivity index (χ0n) is 25.5. The number of aromatic nitrogens is 3. The minimum Gasteiger partial charge on any atom is -0.456 e. The van der Waals surface area contributed by atoms with E-state index in [1.165, 1.54) is 27.8 Å². The molecule has 0 bridgehead atoms. The first-order chi connectivity index (χ1) is 22.5. The van der Waals surface area contributed by atoms with Gasteiger partial charge in [0.05, 0.1) is 0 Å². The predicted octanol–water partition coefficient (Wildman–Crippen LogP) is 10.7. The van der Waals surface area contributed by atoms with Gasteiger partial charge in [0.15, 0.2) is 17.5 Å². The van der Waals surface area contributed by atoms with Gasteiger partial charge in [-0.05, 0) is 69.8 Å². The number of fused-ring (bicyclic) bond motifs is 6. The molecule has 6 aromatic carbocycles. The van der Waals surface area contributed by atoms with Crippen LogP contribution in [0.2, 0.25) is 0 Å². The third-order valence-corrected chi connectivity index (χ3v) is 9.34. The van der Waals surface area contributed by atoms with Crippen molar-refractivity contribution < 1.29 is 4.42 Å². The molecule has 4 heteroatoms. The smallest absolute Gasteiger partial charge is 0.164 e. The number of hydrogen-bond donors (Lipinski definition) is 0. The molecule has 8 aromatic rings. The molecule has 0 saturated carbocycles. The van der Waals surface area contributed by atoms with Gasteiger partial charge in [-0.2, -0.15) is 0 Å². The van der Waals surface area contributed by atoms with Gasteiger partial charge in [0.25, 0.3) is 0 Å². The van der Waals surface area contributed by atoms with Crippen LogP contribution in [0.15, 0.2) is 144 Å². The zero-order chi connectivity index (χ0) is 30.8. The van der Waals surface area contributed by atoms with Gasteiger partial charge in [-0.3, -0.25) is 0 Å². The van der Waals surface area contributed by atoms with Crippen molar-refractivity contribution >= 4 is 21.9 Å². The van der Waals surface area contributed by atoms with E-state index in [1.54, 1.807) is 0 Å². The summed E-state index contributed by atoms with van der Waals surface area (Å²) in [4.78, 5) is 15.0. The number of hydrogen-bond acceptors (Lipinski definition) is 4. The Labute approximate surface area is 267 Å². The highest BCUT2D eigenvalue weighted by atomic mass is 16.3. The Morgan fingerprint density at radius 2 is 1.00 bits per heavy atom. The summed E-state index contributed by atoms with van der Waals surface area (Å²) in [5, 5.41) is 2.12. The average Bonchev–Trinajstić information content (AvgIpc) is 3.60. The Bertz CT molecular complexity index is 2460. The molecular formula is C42H29N3O. The molecule has 0 unspecified atom stereocenters. The Balaban J connectivity index is 1.17. The van der Waals surface area contributed by atoms with E-state index < -0.39 is 0 Å². The monoisotopic (exact) mass is 591 g/mol. The van der Waals surface area contributed by atoms with Gasteiger partial charge in [-0.1, -0.05) is 117 Å². The van der Waals surface area contributed by atoms with Crippen LogP contribution in [0.5, 0.6) is 0 Å². The van der Waals surface area contributed by atoms with Gasteiger partial charge < -0.3 is 4.42 Å². The van der Waals surface area contributed by atoms with Gasteiger partial charge in [0.2, 0.25) is 0 Å². The topological polar surface area (TPSA) is 51.8 Å². The van der Waals surface area contributed by atoms with Crippen LogP contribution in [0.1, 0.15) is 25.0 Å². The molecule has 9 rings (SSSR count). The van der Waals surface area contributed by atoms with Gasteiger partial charge in [-0.25, -0.2) is 15.0 Å². The fourth-order valence-electron chi connectivity index (χ4n) is 6.94. The van der Waals surface area contributed by atoms with Crippen molar-refractivity contribution in [3.8, 4) is 56.4 Å². The summed E-state index contributed by atoms with van der Waals surface area (Å²) in [5.41, 5.74) is 12.1. The number of nitrogens with zero attached hydrogens (tertiary/aromatic N) is 3. The van der Waals surface area contributed by atoms with Crippen LogP contribution >= 0.6 is 0 Å². The van der Waals surface area contributed by atoms with E-state index in [0.717, 1.165) is 44.2 Å². The lowest BCUT2D eigenvalue weighted by atomic mass is 9.81. The SMILES string of the molecule is CC1(C)c2ccccc2-c2ccc(-c3cccc(-c4nc(-c5ccccc5)nc(-c5ccc6oc7ccccc7c6c5)n4)c3)cc21. The number of furan rings is 1. The molecule has 0 N–H and O–H groups in total. The summed E-state index contributed by atoms with van der Waals surface area (Å²) in [6.07, 6.45) is 0. The van der Waals surface area contributed by atoms with Crippen molar-refractivity contribution in [2.75, 3.05) is 0 Å². The molecule has 4 nitrogen and oxygen atoms in total. The second-order valence-electron chi connectivity index (χ2n) is 12.5. The minimum absolute atomic E-state index is 0.0609. The van der Waals surface area contributed by atoms with Gasteiger partial charge in [0, 0.05) is 32.9 Å². The molecule has 46 heavy (non-hydrogen) atoms. The maximum Gasteiger partial charge on any atom is 0.164 e. The van der Waals surface area contributed by atoms with E-state index in [-0.39, 0.29) is 5.41 Å². The van der Waals surface area contributed by atoms with E-state index in [9.17, 15) is 0 Å². The molecule has 2 heterocycles. The van der Waals surface area contributed by atoms with Crippen LogP contribution in [0.4, 0.5) is 0 Å². The normalized spacial score (nSPS) is 13.2. The fourth-order valence-corrected chi connectivity index (χ4v) is 6.94. The summed E-state index contributed by atoms with van der Waals surface area (Å²) in [7, 11) is 0. The zero-order valence-corrected chi connectivity index (χ0v) is 25.5. The van der Waals surface area contributed by atoms with Gasteiger partial charge in [0.1, 0.15) is 11.2 Å². The molecule has 0 fully saturated rings. The number of rotatable bonds is 4. The van der Waals surface area contributed by atoms with E-state index in [2.05, 4.69) is 92.7 Å². The summed E-state index contributed by atoms with van der Waals surface area (Å²) >= 11 is 0. The van der Waals surface area contributed by atoms with E-state index in [1.807, 2.05) is 60.7 Å². The van der Waals surface area contributed by atoms with Crippen molar-refractivity contribution in [1.29, 1.82) is 0 Å². The summed E-state index contributed by atoms with van der Waals surface area (Å²) in [5.74, 6) is 1.90. The summed E-state index contributed by atoms with van der Waals surface area (Å²) in [6.45, 7) is 4.64. The highest BCUT2D eigenvalue weighted by molar-refractivity contribution is 6.06. The third-order valence-electron chi connectivity index (χ3n) is 9.34. The van der Waals surface area contributed by atoms with E-state index in [4.69, 9.17) is 19.4 Å². The third kappa shape index (κ3) is 4.18. The molecule has 1 aliphatic carbocycles. The molecule has 2 aromatic heterocycles. The van der Waals surface area contributed by atoms with Crippen molar-refractivity contribution in [3.63, 3.8) is 0 Å². The summed E-state index contributed by atoms with van der Waals surface area (Å²) < 4.78 is 6.09. The Kier molecular flexibility index (Phi) is 5.81. The second kappa shape index (κ2) is 10.1. The molecule has 218 valence electrons. The van der Waals surface area contributed by atoms with Crippen LogP contribution < -0.4 is 0 Å². The molecule has 0 radical (unpaired) electrons. The number of para-hydroxylation sites is 1. The van der Waals surface area contributed by atoms with Crippen molar-refractivity contribution in [1.82, 2.24) is 15.0 Å². The highest BCUT2D eigenvalue weighted by Gasteiger charge is 2.35.